The first-order valence-corrected chi connectivity index (χ1v) is 19.7. The zero-order valence-electron chi connectivity index (χ0n) is 32.3. The van der Waals surface area contributed by atoms with Crippen molar-refractivity contribution in [3.63, 3.8) is 0 Å². The summed E-state index contributed by atoms with van der Waals surface area (Å²) < 4.78 is 21.9. The summed E-state index contributed by atoms with van der Waals surface area (Å²) in [6, 6.07) is 12.0. The van der Waals surface area contributed by atoms with Crippen LogP contribution >= 0.6 is 11.6 Å². The maximum atomic E-state index is 15.6. The Morgan fingerprint density at radius 3 is 2.18 bits per heavy atom. The van der Waals surface area contributed by atoms with Gasteiger partial charge in [0.1, 0.15) is 23.7 Å². The summed E-state index contributed by atoms with van der Waals surface area (Å²) >= 11 is 6.23. The Bertz CT molecular complexity index is 2220. The van der Waals surface area contributed by atoms with Gasteiger partial charge in [0.15, 0.2) is 0 Å². The van der Waals surface area contributed by atoms with Gasteiger partial charge >= 0.3 is 0 Å². The first-order valence-electron chi connectivity index (χ1n) is 19.4. The average Bonchev–Trinajstić information content (AvgIpc) is 3.67. The third-order valence-corrected chi connectivity index (χ3v) is 13.0. The molecule has 3 fully saturated rings. The van der Waals surface area contributed by atoms with Gasteiger partial charge in [-0.1, -0.05) is 45.4 Å². The van der Waals surface area contributed by atoms with Crippen LogP contribution in [0.25, 0.3) is 4.85 Å². The fraction of sp³-hybridized carbons (Fsp3) is 0.442. The minimum absolute atomic E-state index is 0.0159. The number of rotatable bonds is 8. The summed E-state index contributed by atoms with van der Waals surface area (Å²) in [5.74, 6) is -2.14. The van der Waals surface area contributed by atoms with Crippen LogP contribution in [0.5, 0.6) is 5.75 Å². The van der Waals surface area contributed by atoms with Gasteiger partial charge in [0.05, 0.1) is 28.3 Å². The van der Waals surface area contributed by atoms with Gasteiger partial charge in [0.25, 0.3) is 17.7 Å². The molecule has 1 saturated carbocycles. The van der Waals surface area contributed by atoms with Crippen LogP contribution in [0, 0.1) is 29.1 Å². The molecule has 2 N–H and O–H groups in total. The number of fused-ring (bicyclic) bond motifs is 2. The van der Waals surface area contributed by atoms with E-state index in [2.05, 4.69) is 25.3 Å². The topological polar surface area (TPSA) is 133 Å². The van der Waals surface area contributed by atoms with E-state index in [1.165, 1.54) is 6.07 Å². The molecule has 0 radical (unpaired) electrons. The summed E-state index contributed by atoms with van der Waals surface area (Å²) in [4.78, 5) is 73.0. The number of hydrogen-bond acceptors (Lipinski definition) is 8. The Kier molecular flexibility index (Phi) is 9.64. The van der Waals surface area contributed by atoms with E-state index in [0.717, 1.165) is 54.2 Å². The summed E-state index contributed by atoms with van der Waals surface area (Å²) in [5, 5.41) is 5.62. The normalized spacial score (nSPS) is 24.1. The lowest BCUT2D eigenvalue weighted by molar-refractivity contribution is -0.164. The number of imide groups is 2. The van der Waals surface area contributed by atoms with Crippen LogP contribution in [0.4, 0.5) is 15.8 Å². The van der Waals surface area contributed by atoms with E-state index >= 15 is 4.39 Å². The van der Waals surface area contributed by atoms with Gasteiger partial charge in [-0.2, -0.15) is 0 Å². The number of carbonyl (C=O) groups excluding carboxylic acids is 5. The highest BCUT2D eigenvalue weighted by atomic mass is 35.5. The smallest absolute Gasteiger partial charge is 0.262 e. The molecule has 1 unspecified atom stereocenters. The van der Waals surface area contributed by atoms with Crippen LogP contribution in [0.15, 0.2) is 48.5 Å². The molecule has 4 aliphatic heterocycles. The van der Waals surface area contributed by atoms with Crippen molar-refractivity contribution in [3.05, 3.63) is 98.6 Å². The Balaban J connectivity index is 0.838. The Hall–Kier alpha value is -5.32. The van der Waals surface area contributed by atoms with E-state index in [-0.39, 0.29) is 30.6 Å². The van der Waals surface area contributed by atoms with Crippen molar-refractivity contribution in [2.75, 3.05) is 24.5 Å². The molecule has 0 aromatic heterocycles. The Labute approximate surface area is 335 Å². The van der Waals surface area contributed by atoms with Crippen molar-refractivity contribution < 1.29 is 33.1 Å². The minimum atomic E-state index is -0.988. The number of hydrogen-bond donors (Lipinski definition) is 2. The summed E-state index contributed by atoms with van der Waals surface area (Å²) in [6.45, 7) is 18.9. The van der Waals surface area contributed by atoms with Crippen molar-refractivity contribution >= 4 is 52.5 Å². The van der Waals surface area contributed by atoms with E-state index < -0.39 is 52.2 Å². The van der Waals surface area contributed by atoms with E-state index in [0.29, 0.717) is 46.6 Å². The first kappa shape index (κ1) is 38.5. The molecule has 2 saturated heterocycles. The SMILES string of the molecule is [C-]#[N+]c1ccc(OC2C(C)(C)C(NC(=O)c3ccc(N4CCC(CN5Cc6cc7c(cc6C5)C(=O)N(C5CCC(=O)NC5=O)C7=O)CC4)cc3F)C2(C)C)cc1Cl. The molecule has 296 valence electrons. The molecular formula is C43H44ClFN6O6. The Morgan fingerprint density at radius 2 is 1.60 bits per heavy atom. The van der Waals surface area contributed by atoms with E-state index in [1.54, 1.807) is 42.5 Å². The standard InChI is InChI=1S/C43H44ClFN6O6/c1-42(2)40(43(3,4)41(42)57-27-7-9-33(46-5)31(44)19-27)48-36(53)28-8-6-26(18-32(28)45)50-14-12-23(13-15-50)20-49-21-24-16-29-30(17-25(24)22-49)39(56)51(38(29)55)34-10-11-35(52)47-37(34)54/h6-9,16-19,23,34,40-41H,10-15,20-22H2,1-4H3,(H,48,53)(H,47,52,54). The average molecular weight is 795 g/mol. The van der Waals surface area contributed by atoms with Gasteiger partial charge in [-0.15, -0.1) is 0 Å². The second-order valence-corrected chi connectivity index (χ2v) is 17.6. The maximum absolute atomic E-state index is 15.6. The molecule has 14 heteroatoms. The van der Waals surface area contributed by atoms with Crippen LogP contribution in [0.1, 0.15) is 95.6 Å². The third kappa shape index (κ3) is 6.72. The molecule has 3 aromatic rings. The molecule has 12 nitrogen and oxygen atoms in total. The second kappa shape index (κ2) is 14.3. The van der Waals surface area contributed by atoms with Gasteiger partial charge in [-0.25, -0.2) is 9.24 Å². The predicted molar refractivity (Wildman–Crippen MR) is 210 cm³/mol. The zero-order chi connectivity index (χ0) is 40.6. The molecule has 5 aliphatic rings. The van der Waals surface area contributed by atoms with Gasteiger partial charge in [0.2, 0.25) is 17.5 Å². The van der Waals surface area contributed by atoms with Crippen LogP contribution in [0.3, 0.4) is 0 Å². The summed E-state index contributed by atoms with van der Waals surface area (Å²) in [5.41, 5.74) is 2.67. The number of nitrogens with zero attached hydrogens (tertiary/aromatic N) is 4. The number of anilines is 1. The number of piperidine rings is 2. The van der Waals surface area contributed by atoms with Crippen LogP contribution in [-0.4, -0.2) is 77.2 Å². The van der Waals surface area contributed by atoms with Gasteiger partial charge in [-0.3, -0.25) is 39.1 Å². The molecular weight excluding hydrogens is 751 g/mol. The Morgan fingerprint density at radius 1 is 0.947 bits per heavy atom. The largest absolute Gasteiger partial charge is 0.489 e. The van der Waals surface area contributed by atoms with Gasteiger partial charge in [0, 0.05) is 61.7 Å². The number of carbonyl (C=O) groups is 5. The molecule has 5 amide bonds. The maximum Gasteiger partial charge on any atom is 0.262 e. The van der Waals surface area contributed by atoms with Crippen molar-refractivity contribution in [2.24, 2.45) is 16.7 Å². The first-order chi connectivity index (χ1) is 27.1. The van der Waals surface area contributed by atoms with Gasteiger partial charge < -0.3 is 15.0 Å². The highest BCUT2D eigenvalue weighted by Crippen LogP contribution is 2.56. The second-order valence-electron chi connectivity index (χ2n) is 17.2. The number of amides is 5. The lowest BCUT2D eigenvalue weighted by Crippen LogP contribution is -2.74. The van der Waals surface area contributed by atoms with Crippen LogP contribution in [0.2, 0.25) is 5.02 Å². The molecule has 1 atom stereocenters. The van der Waals surface area contributed by atoms with Crippen molar-refractivity contribution in [1.29, 1.82) is 0 Å². The third-order valence-electron chi connectivity index (χ3n) is 12.6. The van der Waals surface area contributed by atoms with E-state index in [9.17, 15) is 24.0 Å². The number of nitrogens with one attached hydrogen (secondary N) is 2. The number of benzene rings is 3. The monoisotopic (exact) mass is 794 g/mol. The van der Waals surface area contributed by atoms with Crippen molar-refractivity contribution in [3.8, 4) is 5.75 Å². The lowest BCUT2D eigenvalue weighted by atomic mass is 9.49. The van der Waals surface area contributed by atoms with Crippen molar-refractivity contribution in [1.82, 2.24) is 20.4 Å². The molecule has 0 bridgehead atoms. The lowest BCUT2D eigenvalue weighted by Gasteiger charge is -2.63. The molecule has 57 heavy (non-hydrogen) atoms. The van der Waals surface area contributed by atoms with Crippen molar-refractivity contribution in [2.45, 2.75) is 84.7 Å². The quantitative estimate of drug-likeness (QED) is 0.202. The predicted octanol–water partition coefficient (Wildman–Crippen LogP) is 6.28. The molecule has 4 heterocycles. The highest BCUT2D eigenvalue weighted by molar-refractivity contribution is 6.33. The molecule has 1 aliphatic carbocycles. The van der Waals surface area contributed by atoms with Crippen LogP contribution in [-0.2, 0) is 22.7 Å². The molecule has 8 rings (SSSR count). The van der Waals surface area contributed by atoms with Crippen LogP contribution < -0.4 is 20.3 Å². The number of halogens is 2. The minimum Gasteiger partial charge on any atom is -0.489 e. The zero-order valence-corrected chi connectivity index (χ0v) is 33.0. The fourth-order valence-electron chi connectivity index (χ4n) is 9.99. The van der Waals surface area contributed by atoms with Gasteiger partial charge in [-0.05, 0) is 78.8 Å². The molecule has 3 aromatic carbocycles. The summed E-state index contributed by atoms with van der Waals surface area (Å²) in [7, 11) is 0. The highest BCUT2D eigenvalue weighted by Gasteiger charge is 2.64. The van der Waals surface area contributed by atoms with E-state index in [4.69, 9.17) is 22.9 Å². The molecule has 0 spiro atoms. The summed E-state index contributed by atoms with van der Waals surface area (Å²) in [6.07, 6.45) is 1.72. The number of ether oxygens (including phenoxy) is 1. The van der Waals surface area contributed by atoms with E-state index in [1.807, 2.05) is 27.7 Å². The fourth-order valence-corrected chi connectivity index (χ4v) is 10.2.